The number of nitrogens with zero attached hydrogens (tertiary/aromatic N) is 4. The van der Waals surface area contributed by atoms with Gasteiger partial charge in [-0.15, -0.1) is 0 Å². The summed E-state index contributed by atoms with van der Waals surface area (Å²) in [5, 5.41) is 2.83. The zero-order valence-electron chi connectivity index (χ0n) is 10.1. The lowest BCUT2D eigenvalue weighted by atomic mass is 10.2. The van der Waals surface area contributed by atoms with Crippen molar-refractivity contribution in [3.8, 4) is 0 Å². The summed E-state index contributed by atoms with van der Waals surface area (Å²) in [6.45, 7) is 0. The summed E-state index contributed by atoms with van der Waals surface area (Å²) in [5.74, 6) is -0.179. The Kier molecular flexibility index (Phi) is 3.22. The van der Waals surface area contributed by atoms with Gasteiger partial charge in [-0.25, -0.2) is 9.97 Å². The number of hydrogen-bond donors (Lipinski definition) is 1. The van der Waals surface area contributed by atoms with E-state index in [0.717, 1.165) is 5.52 Å². The van der Waals surface area contributed by atoms with Crippen LogP contribution in [0.1, 0.15) is 10.4 Å². The van der Waals surface area contributed by atoms with Gasteiger partial charge in [0.2, 0.25) is 5.95 Å². The molecule has 1 amide bonds. The summed E-state index contributed by atoms with van der Waals surface area (Å²) < 4.78 is 0. The van der Waals surface area contributed by atoms with Gasteiger partial charge < -0.3 is 0 Å². The van der Waals surface area contributed by atoms with Crippen LogP contribution in [0.25, 0.3) is 11.0 Å². The molecule has 0 bridgehead atoms. The highest BCUT2D eigenvalue weighted by molar-refractivity contribution is 6.29. The average molecular weight is 286 g/mol. The smallest absolute Gasteiger partial charge is 0.258 e. The monoisotopic (exact) mass is 285 g/mol. The van der Waals surface area contributed by atoms with E-state index in [1.54, 1.807) is 30.6 Å². The molecule has 2 aromatic heterocycles. The van der Waals surface area contributed by atoms with E-state index in [2.05, 4.69) is 25.3 Å². The SMILES string of the molecule is O=C(Nc1nccc(Cl)n1)c1ccc2nccnc2c1. The Morgan fingerprint density at radius 1 is 1.00 bits per heavy atom. The molecule has 0 spiro atoms. The highest BCUT2D eigenvalue weighted by atomic mass is 35.5. The van der Waals surface area contributed by atoms with Gasteiger partial charge in [0.1, 0.15) is 5.15 Å². The molecule has 0 saturated carbocycles. The van der Waals surface area contributed by atoms with Gasteiger partial charge in [0.15, 0.2) is 0 Å². The first kappa shape index (κ1) is 12.4. The van der Waals surface area contributed by atoms with Crippen molar-refractivity contribution in [3.05, 3.63) is 53.6 Å². The predicted octanol–water partition coefficient (Wildman–Crippen LogP) is 2.33. The lowest BCUT2D eigenvalue weighted by Crippen LogP contribution is -2.14. The van der Waals surface area contributed by atoms with Crippen LogP contribution < -0.4 is 5.32 Å². The lowest BCUT2D eigenvalue weighted by Gasteiger charge is -2.04. The third kappa shape index (κ3) is 2.55. The number of benzene rings is 1. The molecule has 0 aliphatic carbocycles. The van der Waals surface area contributed by atoms with E-state index < -0.39 is 0 Å². The maximum Gasteiger partial charge on any atom is 0.258 e. The summed E-state index contributed by atoms with van der Waals surface area (Å²) in [7, 11) is 0. The van der Waals surface area contributed by atoms with E-state index in [0.29, 0.717) is 11.1 Å². The van der Waals surface area contributed by atoms with Crippen molar-refractivity contribution in [2.45, 2.75) is 0 Å². The standard InChI is InChI=1S/C13H8ClN5O/c14-11-3-4-17-13(18-11)19-12(20)8-1-2-9-10(7-8)16-6-5-15-9/h1-7H,(H,17,18,19,20). The first-order valence-electron chi connectivity index (χ1n) is 5.73. The molecular formula is C13H8ClN5O. The van der Waals surface area contributed by atoms with Crippen LogP contribution in [-0.2, 0) is 0 Å². The number of aromatic nitrogens is 4. The predicted molar refractivity (Wildman–Crippen MR) is 74.5 cm³/mol. The minimum Gasteiger partial charge on any atom is -0.290 e. The van der Waals surface area contributed by atoms with Crippen LogP contribution in [0.4, 0.5) is 5.95 Å². The van der Waals surface area contributed by atoms with Crippen molar-refractivity contribution in [2.24, 2.45) is 0 Å². The molecule has 0 aliphatic heterocycles. The second kappa shape index (κ2) is 5.18. The topological polar surface area (TPSA) is 80.7 Å². The van der Waals surface area contributed by atoms with Gasteiger partial charge in [-0.05, 0) is 24.3 Å². The molecule has 6 nitrogen and oxygen atoms in total. The van der Waals surface area contributed by atoms with Crippen LogP contribution in [0.5, 0.6) is 0 Å². The highest BCUT2D eigenvalue weighted by Crippen LogP contribution is 2.12. The molecule has 2 heterocycles. The first-order chi connectivity index (χ1) is 9.72. The molecule has 3 aromatic rings. The fraction of sp³-hybridized carbons (Fsp3) is 0. The number of carbonyl (C=O) groups excluding carboxylic acids is 1. The summed E-state index contributed by atoms with van der Waals surface area (Å²) in [6.07, 6.45) is 4.64. The first-order valence-corrected chi connectivity index (χ1v) is 6.11. The Hall–Kier alpha value is -2.60. The molecule has 0 saturated heterocycles. The fourth-order valence-corrected chi connectivity index (χ4v) is 1.81. The van der Waals surface area contributed by atoms with Crippen LogP contribution >= 0.6 is 11.6 Å². The molecule has 0 atom stereocenters. The minimum absolute atomic E-state index is 0.154. The summed E-state index contributed by atoms with van der Waals surface area (Å²) >= 11 is 5.73. The Labute approximate surface area is 118 Å². The quantitative estimate of drug-likeness (QED) is 0.731. The zero-order chi connectivity index (χ0) is 13.9. The van der Waals surface area contributed by atoms with Crippen molar-refractivity contribution in [1.82, 2.24) is 19.9 Å². The average Bonchev–Trinajstić information content (AvgIpc) is 2.47. The van der Waals surface area contributed by atoms with Crippen LogP contribution in [0.2, 0.25) is 5.15 Å². The summed E-state index contributed by atoms with van der Waals surface area (Å²) in [4.78, 5) is 28.2. The number of hydrogen-bond acceptors (Lipinski definition) is 5. The molecule has 1 N–H and O–H groups in total. The van der Waals surface area contributed by atoms with E-state index in [1.807, 2.05) is 0 Å². The second-order valence-electron chi connectivity index (χ2n) is 3.92. The van der Waals surface area contributed by atoms with Crippen molar-refractivity contribution in [2.75, 3.05) is 5.32 Å². The third-order valence-corrected chi connectivity index (χ3v) is 2.79. The number of amides is 1. The van der Waals surface area contributed by atoms with E-state index in [-0.39, 0.29) is 17.0 Å². The molecule has 0 radical (unpaired) electrons. The maximum atomic E-state index is 12.1. The number of halogens is 1. The number of anilines is 1. The van der Waals surface area contributed by atoms with Gasteiger partial charge in [-0.1, -0.05) is 11.6 Å². The third-order valence-electron chi connectivity index (χ3n) is 2.58. The Morgan fingerprint density at radius 3 is 2.60 bits per heavy atom. The number of carbonyl (C=O) groups is 1. The van der Waals surface area contributed by atoms with Crippen molar-refractivity contribution < 1.29 is 4.79 Å². The van der Waals surface area contributed by atoms with Crippen LogP contribution in [0, 0.1) is 0 Å². The zero-order valence-corrected chi connectivity index (χ0v) is 10.9. The van der Waals surface area contributed by atoms with E-state index >= 15 is 0 Å². The van der Waals surface area contributed by atoms with Gasteiger partial charge in [0, 0.05) is 24.2 Å². The van der Waals surface area contributed by atoms with Crippen LogP contribution in [0.15, 0.2) is 42.9 Å². The normalized spacial score (nSPS) is 10.4. The van der Waals surface area contributed by atoms with E-state index in [4.69, 9.17) is 11.6 Å². The molecule has 0 unspecified atom stereocenters. The van der Waals surface area contributed by atoms with Crippen LogP contribution in [0.3, 0.4) is 0 Å². The largest absolute Gasteiger partial charge is 0.290 e. The highest BCUT2D eigenvalue weighted by Gasteiger charge is 2.09. The minimum atomic E-state index is -0.334. The van der Waals surface area contributed by atoms with Gasteiger partial charge >= 0.3 is 0 Å². The maximum absolute atomic E-state index is 12.1. The van der Waals surface area contributed by atoms with Gasteiger partial charge in [-0.2, -0.15) is 0 Å². The lowest BCUT2D eigenvalue weighted by molar-refractivity contribution is 0.102. The molecule has 0 aliphatic rings. The molecule has 1 aromatic carbocycles. The molecule has 20 heavy (non-hydrogen) atoms. The molecule has 98 valence electrons. The Balaban J connectivity index is 1.88. The second-order valence-corrected chi connectivity index (χ2v) is 4.30. The molecular weight excluding hydrogens is 278 g/mol. The fourth-order valence-electron chi connectivity index (χ4n) is 1.68. The Bertz CT molecular complexity index is 792. The van der Waals surface area contributed by atoms with Crippen molar-refractivity contribution >= 4 is 34.5 Å². The molecule has 3 rings (SSSR count). The number of nitrogens with one attached hydrogen (secondary N) is 1. The van der Waals surface area contributed by atoms with Gasteiger partial charge in [0.05, 0.1) is 11.0 Å². The number of rotatable bonds is 2. The van der Waals surface area contributed by atoms with Crippen LogP contribution in [-0.4, -0.2) is 25.8 Å². The summed E-state index contributed by atoms with van der Waals surface area (Å²) in [6, 6.07) is 6.58. The van der Waals surface area contributed by atoms with Gasteiger partial charge in [0.25, 0.3) is 5.91 Å². The van der Waals surface area contributed by atoms with Gasteiger partial charge in [-0.3, -0.25) is 20.1 Å². The Morgan fingerprint density at radius 2 is 1.80 bits per heavy atom. The van der Waals surface area contributed by atoms with Crippen molar-refractivity contribution in [3.63, 3.8) is 0 Å². The summed E-state index contributed by atoms with van der Waals surface area (Å²) in [5.41, 5.74) is 1.82. The molecule has 7 heteroatoms. The number of fused-ring (bicyclic) bond motifs is 1. The molecule has 0 fully saturated rings. The van der Waals surface area contributed by atoms with E-state index in [1.165, 1.54) is 12.3 Å². The van der Waals surface area contributed by atoms with Crippen molar-refractivity contribution in [1.29, 1.82) is 0 Å². The van der Waals surface area contributed by atoms with E-state index in [9.17, 15) is 4.79 Å².